The zero-order valence-corrected chi connectivity index (χ0v) is 18.7. The third-order valence-corrected chi connectivity index (χ3v) is 4.58. The molecule has 0 unspecified atom stereocenters. The third-order valence-electron chi connectivity index (χ3n) is 4.58. The quantitative estimate of drug-likeness (QED) is 0.268. The highest BCUT2D eigenvalue weighted by Gasteiger charge is 2.14. The Labute approximate surface area is 191 Å². The Balaban J connectivity index is 1.49. The topological polar surface area (TPSA) is 147 Å². The lowest BCUT2D eigenvalue weighted by molar-refractivity contribution is -0.143. The van der Waals surface area contributed by atoms with Gasteiger partial charge in [0.1, 0.15) is 18.7 Å². The number of aliphatic imine (C=N–C) groups is 1. The van der Waals surface area contributed by atoms with Crippen LogP contribution in [0.1, 0.15) is 32.3 Å². The number of hydrogen-bond donors (Lipinski definition) is 2. The van der Waals surface area contributed by atoms with Gasteiger partial charge >= 0.3 is 12.1 Å². The molecule has 0 aliphatic carbocycles. The Bertz CT molecular complexity index is 1130. The molecule has 33 heavy (non-hydrogen) atoms. The second-order valence-electron chi connectivity index (χ2n) is 7.20. The van der Waals surface area contributed by atoms with Crippen molar-refractivity contribution in [3.63, 3.8) is 0 Å². The number of nitrogens with one attached hydrogen (secondary N) is 1. The zero-order valence-electron chi connectivity index (χ0n) is 18.7. The molecule has 11 nitrogen and oxygen atoms in total. The lowest BCUT2D eigenvalue weighted by Gasteiger charge is -2.08. The van der Waals surface area contributed by atoms with Gasteiger partial charge in [-0.05, 0) is 32.3 Å². The van der Waals surface area contributed by atoms with Gasteiger partial charge in [0.05, 0.1) is 12.9 Å². The molecule has 1 amide bonds. The van der Waals surface area contributed by atoms with E-state index < -0.39 is 6.09 Å². The molecule has 2 aromatic heterocycles. The van der Waals surface area contributed by atoms with E-state index in [0.29, 0.717) is 48.8 Å². The second kappa shape index (κ2) is 11.6. The number of rotatable bonds is 10. The van der Waals surface area contributed by atoms with Gasteiger partial charge in [-0.15, -0.1) is 0 Å². The molecule has 1 aromatic carbocycles. The average Bonchev–Trinajstić information content (AvgIpc) is 3.19. The summed E-state index contributed by atoms with van der Waals surface area (Å²) in [6, 6.07) is 9.43. The molecule has 0 saturated carbocycles. The van der Waals surface area contributed by atoms with Gasteiger partial charge < -0.3 is 25.1 Å². The number of benzene rings is 1. The third kappa shape index (κ3) is 6.99. The van der Waals surface area contributed by atoms with Crippen LogP contribution in [0.4, 0.5) is 16.6 Å². The van der Waals surface area contributed by atoms with Crippen LogP contribution in [0.15, 0.2) is 41.7 Å². The molecule has 0 fully saturated rings. The van der Waals surface area contributed by atoms with Crippen LogP contribution in [-0.4, -0.2) is 50.4 Å². The van der Waals surface area contributed by atoms with Crippen LogP contribution in [0.3, 0.4) is 0 Å². The highest BCUT2D eigenvalue weighted by Crippen LogP contribution is 2.18. The minimum atomic E-state index is -0.610. The van der Waals surface area contributed by atoms with Gasteiger partial charge in [-0.1, -0.05) is 30.3 Å². The van der Waals surface area contributed by atoms with Crippen molar-refractivity contribution < 1.29 is 19.1 Å². The predicted molar refractivity (Wildman–Crippen MR) is 124 cm³/mol. The van der Waals surface area contributed by atoms with E-state index in [4.69, 9.17) is 15.2 Å². The molecule has 3 aromatic rings. The van der Waals surface area contributed by atoms with E-state index in [1.54, 1.807) is 18.4 Å². The Hall–Kier alpha value is -4.02. The number of anilines is 2. The lowest BCUT2D eigenvalue weighted by atomic mass is 10.2. The van der Waals surface area contributed by atoms with Crippen LogP contribution in [0.25, 0.3) is 11.2 Å². The second-order valence-corrected chi connectivity index (χ2v) is 7.20. The molecule has 3 rings (SSSR count). The molecular weight excluding hydrogens is 426 g/mol. The number of amides is 1. The van der Waals surface area contributed by atoms with Gasteiger partial charge in [-0.25, -0.2) is 9.78 Å². The molecule has 0 aliphatic rings. The van der Waals surface area contributed by atoms with E-state index in [1.807, 2.05) is 30.3 Å². The first-order chi connectivity index (χ1) is 16.0. The van der Waals surface area contributed by atoms with Crippen LogP contribution >= 0.6 is 0 Å². The summed E-state index contributed by atoms with van der Waals surface area (Å²) in [7, 11) is 0. The number of carbonyl (C=O) groups excluding carboxylic acids is 2. The fraction of sp³-hybridized carbons (Fsp3) is 0.364. The van der Waals surface area contributed by atoms with Crippen LogP contribution < -0.4 is 11.1 Å². The minimum absolute atomic E-state index is 0.0176. The number of carbonyl (C=O) groups is 2. The number of aromatic nitrogens is 4. The van der Waals surface area contributed by atoms with E-state index in [9.17, 15) is 9.59 Å². The average molecular weight is 454 g/mol. The maximum absolute atomic E-state index is 11.9. The van der Waals surface area contributed by atoms with Crippen molar-refractivity contribution in [1.29, 1.82) is 0 Å². The number of imidazole rings is 1. The van der Waals surface area contributed by atoms with Gasteiger partial charge in [-0.2, -0.15) is 15.0 Å². The molecule has 2 heterocycles. The first-order valence-electron chi connectivity index (χ1n) is 10.6. The van der Waals surface area contributed by atoms with Crippen molar-refractivity contribution in [2.24, 2.45) is 4.99 Å². The molecular formula is C22H27N7O4. The first-order valence-corrected chi connectivity index (χ1v) is 10.6. The fourth-order valence-electron chi connectivity index (χ4n) is 3.01. The summed E-state index contributed by atoms with van der Waals surface area (Å²) in [6.45, 7) is 4.51. The number of hydrogen-bond acceptors (Lipinski definition) is 9. The monoisotopic (exact) mass is 453 g/mol. The summed E-state index contributed by atoms with van der Waals surface area (Å²) >= 11 is 0. The number of ether oxygens (including phenoxy) is 2. The number of esters is 1. The van der Waals surface area contributed by atoms with Crippen LogP contribution in [0, 0.1) is 0 Å². The van der Waals surface area contributed by atoms with Gasteiger partial charge in [0.15, 0.2) is 11.5 Å². The van der Waals surface area contributed by atoms with Gasteiger partial charge in [-0.3, -0.25) is 4.79 Å². The smallest absolute Gasteiger partial charge is 0.433 e. The maximum Gasteiger partial charge on any atom is 0.433 e. The van der Waals surface area contributed by atoms with Gasteiger partial charge in [0, 0.05) is 12.3 Å². The van der Waals surface area contributed by atoms with Crippen molar-refractivity contribution in [3.05, 3.63) is 42.2 Å². The SMILES string of the molecule is CCOC(=O)Cn1cnc2c(N)nc(NCCCC(C)=NC(=O)OCc3ccccc3)nc21. The normalized spacial score (nSPS) is 11.4. The van der Waals surface area contributed by atoms with E-state index in [1.165, 1.54) is 6.33 Å². The molecule has 3 N–H and O–H groups in total. The number of nitrogens with zero attached hydrogens (tertiary/aromatic N) is 5. The van der Waals surface area contributed by atoms with Crippen LogP contribution in [0.2, 0.25) is 0 Å². The van der Waals surface area contributed by atoms with Crippen LogP contribution in [-0.2, 0) is 27.4 Å². The maximum atomic E-state index is 11.9. The Morgan fingerprint density at radius 3 is 2.73 bits per heavy atom. The number of nitrogens with two attached hydrogens (primary N) is 1. The van der Waals surface area contributed by atoms with E-state index in [0.717, 1.165) is 5.56 Å². The summed E-state index contributed by atoms with van der Waals surface area (Å²) < 4.78 is 11.7. The van der Waals surface area contributed by atoms with Crippen molar-refractivity contribution >= 4 is 40.7 Å². The van der Waals surface area contributed by atoms with E-state index in [-0.39, 0.29) is 24.9 Å². The van der Waals surface area contributed by atoms with Gasteiger partial charge in [0.25, 0.3) is 0 Å². The summed E-state index contributed by atoms with van der Waals surface area (Å²) in [5, 5.41) is 3.10. The molecule has 0 aliphatic heterocycles. The fourth-order valence-corrected chi connectivity index (χ4v) is 3.01. The standard InChI is InChI=1S/C22H27N7O4/c1-3-32-17(30)12-29-14-25-18-19(23)27-21(28-20(18)29)24-11-7-8-15(2)26-22(31)33-13-16-9-5-4-6-10-16/h4-6,9-10,14H,3,7-8,11-13H2,1-2H3,(H3,23,24,27,28). The summed E-state index contributed by atoms with van der Waals surface area (Å²) in [5.41, 5.74) is 8.41. The largest absolute Gasteiger partial charge is 0.465 e. The Morgan fingerprint density at radius 2 is 1.97 bits per heavy atom. The molecule has 0 atom stereocenters. The van der Waals surface area contributed by atoms with Crippen molar-refractivity contribution in [2.45, 2.75) is 39.8 Å². The van der Waals surface area contributed by atoms with Crippen molar-refractivity contribution in [3.8, 4) is 0 Å². The summed E-state index contributed by atoms with van der Waals surface area (Å²) in [4.78, 5) is 40.4. The molecule has 174 valence electrons. The molecule has 0 bridgehead atoms. The molecule has 0 radical (unpaired) electrons. The van der Waals surface area contributed by atoms with Crippen molar-refractivity contribution in [2.75, 3.05) is 24.2 Å². The Morgan fingerprint density at radius 1 is 1.18 bits per heavy atom. The summed E-state index contributed by atoms with van der Waals surface area (Å²) in [5.74, 6) is 0.145. The molecule has 0 saturated heterocycles. The Kier molecular flexibility index (Phi) is 8.28. The van der Waals surface area contributed by atoms with Crippen LogP contribution in [0.5, 0.6) is 0 Å². The van der Waals surface area contributed by atoms with Gasteiger partial charge in [0.2, 0.25) is 5.95 Å². The zero-order chi connectivity index (χ0) is 23.6. The van der Waals surface area contributed by atoms with E-state index >= 15 is 0 Å². The highest BCUT2D eigenvalue weighted by atomic mass is 16.5. The van der Waals surface area contributed by atoms with Crippen molar-refractivity contribution in [1.82, 2.24) is 19.5 Å². The molecule has 0 spiro atoms. The minimum Gasteiger partial charge on any atom is -0.465 e. The summed E-state index contributed by atoms with van der Waals surface area (Å²) in [6.07, 6.45) is 2.14. The predicted octanol–water partition coefficient (Wildman–Crippen LogP) is 2.96. The first kappa shape index (κ1) is 23.6. The number of fused-ring (bicyclic) bond motifs is 1. The molecule has 11 heteroatoms. The lowest BCUT2D eigenvalue weighted by Crippen LogP contribution is -2.14. The van der Waals surface area contributed by atoms with E-state index in [2.05, 4.69) is 25.3 Å². The number of nitrogen functional groups attached to an aromatic ring is 1. The highest BCUT2D eigenvalue weighted by molar-refractivity contribution is 5.91.